The van der Waals surface area contributed by atoms with Crippen LogP contribution in [0.2, 0.25) is 0 Å². The average Bonchev–Trinajstić information content (AvgIpc) is 2.49. The van der Waals surface area contributed by atoms with Gasteiger partial charge in [-0.3, -0.25) is 4.79 Å². The largest absolute Gasteiger partial charge is 0.461 e. The molecule has 1 aromatic carbocycles. The number of hydrogen-bond donors (Lipinski definition) is 1. The van der Waals surface area contributed by atoms with Crippen molar-refractivity contribution in [1.29, 1.82) is 0 Å². The normalized spacial score (nSPS) is 25.3. The molecule has 1 saturated heterocycles. The maximum Gasteiger partial charge on any atom is 0.307 e. The standard InChI is InChI=1S/C11H13NO2S/c1-7-10(6-11(13)14-7)15-9-5-3-2-4-8(9)12/h2-5,7,10H,6,12H2,1H3/t7-,10+/m0/s1. The minimum atomic E-state index is -0.116. The van der Waals surface area contributed by atoms with E-state index in [9.17, 15) is 4.79 Å². The zero-order valence-electron chi connectivity index (χ0n) is 8.47. The molecule has 0 aromatic heterocycles. The van der Waals surface area contributed by atoms with Gasteiger partial charge in [-0.1, -0.05) is 12.1 Å². The zero-order valence-corrected chi connectivity index (χ0v) is 9.29. The van der Waals surface area contributed by atoms with E-state index < -0.39 is 0 Å². The molecule has 2 rings (SSSR count). The number of cyclic esters (lactones) is 1. The van der Waals surface area contributed by atoms with E-state index in [2.05, 4.69) is 0 Å². The fraction of sp³-hybridized carbons (Fsp3) is 0.364. The van der Waals surface area contributed by atoms with Gasteiger partial charge in [-0.2, -0.15) is 0 Å². The van der Waals surface area contributed by atoms with Crippen LogP contribution in [0.15, 0.2) is 29.2 Å². The lowest BCUT2D eigenvalue weighted by molar-refractivity contribution is -0.140. The van der Waals surface area contributed by atoms with Crippen molar-refractivity contribution < 1.29 is 9.53 Å². The molecule has 0 radical (unpaired) electrons. The Morgan fingerprint density at radius 1 is 1.47 bits per heavy atom. The Morgan fingerprint density at radius 3 is 2.80 bits per heavy atom. The summed E-state index contributed by atoms with van der Waals surface area (Å²) in [5, 5.41) is 0.183. The molecule has 2 atom stereocenters. The van der Waals surface area contributed by atoms with Gasteiger partial charge in [-0.25, -0.2) is 0 Å². The van der Waals surface area contributed by atoms with E-state index in [1.807, 2.05) is 31.2 Å². The number of ether oxygens (including phenoxy) is 1. The monoisotopic (exact) mass is 223 g/mol. The molecule has 1 aliphatic rings. The molecule has 1 fully saturated rings. The smallest absolute Gasteiger partial charge is 0.307 e. The SMILES string of the molecule is C[C@@H]1OC(=O)C[C@H]1Sc1ccccc1N. The lowest BCUT2D eigenvalue weighted by Crippen LogP contribution is -2.13. The van der Waals surface area contributed by atoms with Crippen LogP contribution < -0.4 is 5.73 Å². The maximum atomic E-state index is 11.1. The van der Waals surface area contributed by atoms with Gasteiger partial charge in [-0.15, -0.1) is 11.8 Å². The van der Waals surface area contributed by atoms with E-state index in [0.29, 0.717) is 6.42 Å². The first-order valence-electron chi connectivity index (χ1n) is 4.87. The average molecular weight is 223 g/mol. The van der Waals surface area contributed by atoms with Crippen LogP contribution in [0.4, 0.5) is 5.69 Å². The van der Waals surface area contributed by atoms with Crippen LogP contribution in [0.1, 0.15) is 13.3 Å². The number of nitrogens with two attached hydrogens (primary N) is 1. The number of thioether (sulfide) groups is 1. The Morgan fingerprint density at radius 2 is 2.20 bits per heavy atom. The summed E-state index contributed by atoms with van der Waals surface area (Å²) in [5.41, 5.74) is 6.59. The molecular weight excluding hydrogens is 210 g/mol. The number of carbonyl (C=O) groups excluding carboxylic acids is 1. The molecule has 2 N–H and O–H groups in total. The molecule has 1 aromatic rings. The van der Waals surface area contributed by atoms with Crippen LogP contribution in [-0.2, 0) is 9.53 Å². The van der Waals surface area contributed by atoms with Gasteiger partial charge in [0.15, 0.2) is 0 Å². The molecule has 0 bridgehead atoms. The molecule has 0 aliphatic carbocycles. The van der Waals surface area contributed by atoms with Crippen LogP contribution in [0.3, 0.4) is 0 Å². The number of para-hydroxylation sites is 1. The molecule has 0 unspecified atom stereocenters. The van der Waals surface area contributed by atoms with Crippen LogP contribution in [0.25, 0.3) is 0 Å². The summed E-state index contributed by atoms with van der Waals surface area (Å²) in [6.07, 6.45) is 0.447. The Bertz CT molecular complexity index is 381. The summed E-state index contributed by atoms with van der Waals surface area (Å²) in [5.74, 6) is -0.116. The summed E-state index contributed by atoms with van der Waals surface area (Å²) in [6.45, 7) is 1.92. The van der Waals surface area contributed by atoms with Crippen molar-refractivity contribution in [2.45, 2.75) is 29.6 Å². The fourth-order valence-electron chi connectivity index (χ4n) is 1.55. The highest BCUT2D eigenvalue weighted by Crippen LogP contribution is 2.35. The van der Waals surface area contributed by atoms with E-state index in [-0.39, 0.29) is 17.3 Å². The molecule has 1 aliphatic heterocycles. The third kappa shape index (κ3) is 2.26. The van der Waals surface area contributed by atoms with Crippen LogP contribution in [-0.4, -0.2) is 17.3 Å². The highest BCUT2D eigenvalue weighted by molar-refractivity contribution is 8.00. The first-order valence-corrected chi connectivity index (χ1v) is 5.75. The van der Waals surface area contributed by atoms with Crippen LogP contribution in [0, 0.1) is 0 Å². The second kappa shape index (κ2) is 4.14. The molecule has 0 spiro atoms. The van der Waals surface area contributed by atoms with E-state index in [1.54, 1.807) is 11.8 Å². The van der Waals surface area contributed by atoms with Gasteiger partial charge in [0.25, 0.3) is 0 Å². The quantitative estimate of drug-likeness (QED) is 0.616. The zero-order chi connectivity index (χ0) is 10.8. The van der Waals surface area contributed by atoms with Gasteiger partial charge in [-0.05, 0) is 19.1 Å². The van der Waals surface area contributed by atoms with E-state index in [1.165, 1.54) is 0 Å². The third-order valence-electron chi connectivity index (χ3n) is 2.41. The Labute approximate surface area is 93.0 Å². The summed E-state index contributed by atoms with van der Waals surface area (Å²) in [6, 6.07) is 7.68. The minimum Gasteiger partial charge on any atom is -0.461 e. The molecule has 0 amide bonds. The van der Waals surface area contributed by atoms with Gasteiger partial charge in [0.2, 0.25) is 0 Å². The Balaban J connectivity index is 2.09. The van der Waals surface area contributed by atoms with Gasteiger partial charge >= 0.3 is 5.97 Å². The van der Waals surface area contributed by atoms with Gasteiger partial charge in [0.1, 0.15) is 6.10 Å². The Kier molecular flexibility index (Phi) is 2.86. The highest BCUT2D eigenvalue weighted by atomic mass is 32.2. The number of hydrogen-bond acceptors (Lipinski definition) is 4. The summed E-state index contributed by atoms with van der Waals surface area (Å²) in [7, 11) is 0. The minimum absolute atomic E-state index is 0.0258. The summed E-state index contributed by atoms with van der Waals surface area (Å²) < 4.78 is 5.09. The first-order chi connectivity index (χ1) is 7.16. The Hall–Kier alpha value is -1.16. The molecule has 80 valence electrons. The van der Waals surface area contributed by atoms with Crippen molar-refractivity contribution in [1.82, 2.24) is 0 Å². The number of carbonyl (C=O) groups is 1. The van der Waals surface area contributed by atoms with Crippen molar-refractivity contribution >= 4 is 23.4 Å². The van der Waals surface area contributed by atoms with E-state index in [0.717, 1.165) is 10.6 Å². The van der Waals surface area contributed by atoms with Gasteiger partial charge in [0.05, 0.1) is 11.7 Å². The lowest BCUT2D eigenvalue weighted by Gasteiger charge is -2.13. The van der Waals surface area contributed by atoms with Crippen molar-refractivity contribution in [2.24, 2.45) is 0 Å². The second-order valence-electron chi connectivity index (χ2n) is 3.59. The maximum absolute atomic E-state index is 11.1. The van der Waals surface area contributed by atoms with Crippen molar-refractivity contribution in [3.63, 3.8) is 0 Å². The van der Waals surface area contributed by atoms with Gasteiger partial charge in [0, 0.05) is 10.6 Å². The van der Waals surface area contributed by atoms with Crippen molar-refractivity contribution in [2.75, 3.05) is 5.73 Å². The number of anilines is 1. The fourth-order valence-corrected chi connectivity index (χ4v) is 2.70. The lowest BCUT2D eigenvalue weighted by atomic mass is 10.2. The van der Waals surface area contributed by atoms with Crippen molar-refractivity contribution in [3.8, 4) is 0 Å². The third-order valence-corrected chi connectivity index (χ3v) is 3.88. The molecule has 15 heavy (non-hydrogen) atoms. The topological polar surface area (TPSA) is 52.3 Å². The molecule has 0 saturated carbocycles. The molecular formula is C11H13NO2S. The number of nitrogen functional groups attached to an aromatic ring is 1. The number of rotatable bonds is 2. The number of benzene rings is 1. The highest BCUT2D eigenvalue weighted by Gasteiger charge is 2.32. The number of esters is 1. The predicted octanol–water partition coefficient (Wildman–Crippen LogP) is 2.06. The second-order valence-corrected chi connectivity index (χ2v) is 4.87. The van der Waals surface area contributed by atoms with E-state index in [4.69, 9.17) is 10.5 Å². The van der Waals surface area contributed by atoms with Crippen LogP contribution in [0.5, 0.6) is 0 Å². The summed E-state index contributed by atoms with van der Waals surface area (Å²) >= 11 is 1.62. The summed E-state index contributed by atoms with van der Waals surface area (Å²) in [4.78, 5) is 12.1. The van der Waals surface area contributed by atoms with Gasteiger partial charge < -0.3 is 10.5 Å². The van der Waals surface area contributed by atoms with E-state index >= 15 is 0 Å². The predicted molar refractivity (Wildman–Crippen MR) is 60.7 cm³/mol. The molecule has 4 heteroatoms. The first kappa shape index (κ1) is 10.4. The molecule has 1 heterocycles. The van der Waals surface area contributed by atoms with Crippen molar-refractivity contribution in [3.05, 3.63) is 24.3 Å². The van der Waals surface area contributed by atoms with Crippen LogP contribution >= 0.6 is 11.8 Å². The molecule has 3 nitrogen and oxygen atoms in total.